The highest BCUT2D eigenvalue weighted by Crippen LogP contribution is 2.40. The summed E-state index contributed by atoms with van der Waals surface area (Å²) in [7, 11) is 1.74. The number of benzene rings is 3. The Morgan fingerprint density at radius 1 is 1.07 bits per heavy atom. The van der Waals surface area contributed by atoms with Crippen molar-refractivity contribution in [3.63, 3.8) is 0 Å². The molecule has 3 heteroatoms. The van der Waals surface area contributed by atoms with Gasteiger partial charge in [-0.2, -0.15) is 0 Å². The third kappa shape index (κ3) is 3.38. The van der Waals surface area contributed by atoms with E-state index in [1.165, 1.54) is 29.3 Å². The van der Waals surface area contributed by atoms with E-state index in [-0.39, 0.29) is 0 Å². The first kappa shape index (κ1) is 18.5. The lowest BCUT2D eigenvalue weighted by Gasteiger charge is -2.40. The van der Waals surface area contributed by atoms with Crippen LogP contribution < -0.4 is 15.0 Å². The quantitative estimate of drug-likeness (QED) is 0.683. The molecular weight excluding hydrogens is 356 g/mol. The van der Waals surface area contributed by atoms with Crippen LogP contribution in [0.1, 0.15) is 30.4 Å². The third-order valence-corrected chi connectivity index (χ3v) is 7.06. The number of rotatable bonds is 4. The molecule has 1 saturated heterocycles. The van der Waals surface area contributed by atoms with Crippen LogP contribution in [0.3, 0.4) is 0 Å². The first-order chi connectivity index (χ1) is 14.2. The molecule has 0 radical (unpaired) electrons. The predicted octanol–water partition coefficient (Wildman–Crippen LogP) is 4.99. The molecule has 0 bridgehead atoms. The Hall–Kier alpha value is -2.52. The molecule has 2 aliphatic rings. The number of fused-ring (bicyclic) bond motifs is 2. The second-order valence-electron chi connectivity index (χ2n) is 8.57. The number of hydrogen-bond acceptors (Lipinski definition) is 3. The van der Waals surface area contributed by atoms with Crippen LogP contribution >= 0.6 is 0 Å². The summed E-state index contributed by atoms with van der Waals surface area (Å²) in [5, 5.41) is 6.39. The molecule has 0 aromatic heterocycles. The lowest BCUT2D eigenvalue weighted by Crippen LogP contribution is -2.54. The third-order valence-electron chi connectivity index (χ3n) is 7.06. The van der Waals surface area contributed by atoms with Gasteiger partial charge in [0, 0.05) is 36.7 Å². The fourth-order valence-electron chi connectivity index (χ4n) is 5.40. The standard InChI is InChI=1S/C26H30N2O/c1-18(22-13-11-19-6-3-4-8-23(19)22)25-17-28(15-14-27-25)26-9-5-7-20-10-12-21(29-2)16-24(20)26/h3-10,12,16,18,22,25,27H,11,13-15,17H2,1-2H3. The molecule has 0 spiro atoms. The highest BCUT2D eigenvalue weighted by Gasteiger charge is 2.34. The average molecular weight is 387 g/mol. The summed E-state index contributed by atoms with van der Waals surface area (Å²) in [4.78, 5) is 2.57. The molecule has 0 saturated carbocycles. The molecule has 3 aromatic carbocycles. The summed E-state index contributed by atoms with van der Waals surface area (Å²) in [6, 6.07) is 22.6. The Labute approximate surface area is 173 Å². The van der Waals surface area contributed by atoms with Crippen molar-refractivity contribution in [1.82, 2.24) is 5.32 Å². The molecule has 1 aliphatic carbocycles. The van der Waals surface area contributed by atoms with Gasteiger partial charge < -0.3 is 15.0 Å². The molecule has 3 aromatic rings. The van der Waals surface area contributed by atoms with Crippen LogP contribution in [0.2, 0.25) is 0 Å². The minimum atomic E-state index is 0.501. The summed E-state index contributed by atoms with van der Waals surface area (Å²) in [5.41, 5.74) is 4.46. The number of anilines is 1. The number of nitrogens with one attached hydrogen (secondary N) is 1. The van der Waals surface area contributed by atoms with Crippen molar-refractivity contribution < 1.29 is 4.74 Å². The van der Waals surface area contributed by atoms with Crippen LogP contribution in [0.15, 0.2) is 60.7 Å². The van der Waals surface area contributed by atoms with Crippen molar-refractivity contribution in [2.75, 3.05) is 31.6 Å². The summed E-state index contributed by atoms with van der Waals surface area (Å²) < 4.78 is 5.49. The van der Waals surface area contributed by atoms with Gasteiger partial charge in [-0.25, -0.2) is 0 Å². The van der Waals surface area contributed by atoms with E-state index in [1.54, 1.807) is 18.2 Å². The van der Waals surface area contributed by atoms with Gasteiger partial charge in [-0.15, -0.1) is 0 Å². The molecule has 1 aliphatic heterocycles. The molecule has 3 nitrogen and oxygen atoms in total. The molecular formula is C26H30N2O. The first-order valence-corrected chi connectivity index (χ1v) is 10.9. The van der Waals surface area contributed by atoms with E-state index in [9.17, 15) is 0 Å². The lowest BCUT2D eigenvalue weighted by atomic mass is 9.82. The van der Waals surface area contributed by atoms with Gasteiger partial charge in [-0.05, 0) is 59.4 Å². The number of methoxy groups -OCH3 is 1. The Bertz CT molecular complexity index is 1010. The van der Waals surface area contributed by atoms with Gasteiger partial charge >= 0.3 is 0 Å². The van der Waals surface area contributed by atoms with Gasteiger partial charge in [-0.3, -0.25) is 0 Å². The maximum absolute atomic E-state index is 5.49. The Kier molecular flexibility index (Phi) is 4.92. The number of aryl methyl sites for hydroxylation is 1. The van der Waals surface area contributed by atoms with E-state index in [1.807, 2.05) is 6.07 Å². The summed E-state index contributed by atoms with van der Waals surface area (Å²) in [6.45, 7) is 5.57. The molecule has 150 valence electrons. The van der Waals surface area contributed by atoms with Crippen molar-refractivity contribution >= 4 is 16.5 Å². The van der Waals surface area contributed by atoms with Gasteiger partial charge in [-0.1, -0.05) is 49.4 Å². The van der Waals surface area contributed by atoms with Crippen LogP contribution in [0, 0.1) is 5.92 Å². The summed E-state index contributed by atoms with van der Waals surface area (Å²) in [5.74, 6) is 2.20. The second kappa shape index (κ2) is 7.72. The van der Waals surface area contributed by atoms with E-state index < -0.39 is 0 Å². The normalized spacial score (nSPS) is 22.5. The maximum atomic E-state index is 5.49. The van der Waals surface area contributed by atoms with Crippen molar-refractivity contribution in [3.05, 3.63) is 71.8 Å². The second-order valence-corrected chi connectivity index (χ2v) is 8.57. The Morgan fingerprint density at radius 3 is 2.86 bits per heavy atom. The smallest absolute Gasteiger partial charge is 0.119 e. The molecule has 3 atom stereocenters. The van der Waals surface area contributed by atoms with E-state index in [4.69, 9.17) is 4.74 Å². The zero-order valence-electron chi connectivity index (χ0n) is 17.4. The van der Waals surface area contributed by atoms with Gasteiger partial charge in [0.2, 0.25) is 0 Å². The number of ether oxygens (including phenoxy) is 1. The van der Waals surface area contributed by atoms with Crippen molar-refractivity contribution in [2.24, 2.45) is 5.92 Å². The van der Waals surface area contributed by atoms with Gasteiger partial charge in [0.1, 0.15) is 5.75 Å². The average Bonchev–Trinajstić information content (AvgIpc) is 3.22. The molecule has 3 unspecified atom stereocenters. The zero-order valence-corrected chi connectivity index (χ0v) is 17.4. The van der Waals surface area contributed by atoms with Crippen LogP contribution in [0.5, 0.6) is 5.75 Å². The molecule has 29 heavy (non-hydrogen) atoms. The maximum Gasteiger partial charge on any atom is 0.119 e. The van der Waals surface area contributed by atoms with Gasteiger partial charge in [0.05, 0.1) is 7.11 Å². The van der Waals surface area contributed by atoms with E-state index >= 15 is 0 Å². The molecule has 1 N–H and O–H groups in total. The van der Waals surface area contributed by atoms with Gasteiger partial charge in [0.25, 0.3) is 0 Å². The zero-order chi connectivity index (χ0) is 19.8. The first-order valence-electron chi connectivity index (χ1n) is 10.9. The Balaban J connectivity index is 1.41. The van der Waals surface area contributed by atoms with Crippen molar-refractivity contribution in [2.45, 2.75) is 31.7 Å². The fraction of sp³-hybridized carbons (Fsp3) is 0.385. The van der Waals surface area contributed by atoms with E-state index in [2.05, 4.69) is 71.7 Å². The molecule has 0 amide bonds. The molecule has 5 rings (SSSR count). The van der Waals surface area contributed by atoms with Crippen LogP contribution in [-0.2, 0) is 6.42 Å². The molecule has 1 heterocycles. The number of hydrogen-bond donors (Lipinski definition) is 1. The van der Waals surface area contributed by atoms with Crippen LogP contribution in [0.4, 0.5) is 5.69 Å². The molecule has 1 fully saturated rings. The van der Waals surface area contributed by atoms with Crippen molar-refractivity contribution in [1.29, 1.82) is 0 Å². The minimum absolute atomic E-state index is 0.501. The van der Waals surface area contributed by atoms with E-state index in [0.29, 0.717) is 17.9 Å². The number of nitrogens with zero attached hydrogens (tertiary/aromatic N) is 1. The highest BCUT2D eigenvalue weighted by atomic mass is 16.5. The van der Waals surface area contributed by atoms with Gasteiger partial charge in [0.15, 0.2) is 0 Å². The monoisotopic (exact) mass is 386 g/mol. The SMILES string of the molecule is COc1ccc2cccc(N3CCNC(C(C)C4CCc5ccccc54)C3)c2c1. The van der Waals surface area contributed by atoms with Crippen molar-refractivity contribution in [3.8, 4) is 5.75 Å². The largest absolute Gasteiger partial charge is 0.497 e. The summed E-state index contributed by atoms with van der Waals surface area (Å²) >= 11 is 0. The van der Waals surface area contributed by atoms with Crippen LogP contribution in [0.25, 0.3) is 10.8 Å². The topological polar surface area (TPSA) is 24.5 Å². The highest BCUT2D eigenvalue weighted by molar-refractivity contribution is 5.95. The van der Waals surface area contributed by atoms with Crippen LogP contribution in [-0.4, -0.2) is 32.8 Å². The fourth-order valence-corrected chi connectivity index (χ4v) is 5.40. The minimum Gasteiger partial charge on any atom is -0.497 e. The Morgan fingerprint density at radius 2 is 1.97 bits per heavy atom. The predicted molar refractivity (Wildman–Crippen MR) is 121 cm³/mol. The van der Waals surface area contributed by atoms with E-state index in [0.717, 1.165) is 25.4 Å². The summed E-state index contributed by atoms with van der Waals surface area (Å²) in [6.07, 6.45) is 2.51. The number of piperazine rings is 1. The lowest BCUT2D eigenvalue weighted by molar-refractivity contribution is 0.304.